The zero-order chi connectivity index (χ0) is 15.7. The molecule has 0 aromatic rings. The van der Waals surface area contributed by atoms with Gasteiger partial charge < -0.3 is 27.4 Å². The van der Waals surface area contributed by atoms with Crippen molar-refractivity contribution in [3.63, 3.8) is 0 Å². The Kier molecular flexibility index (Phi) is 15.0. The molecule has 0 aromatic heterocycles. The SMILES string of the molecule is C1CCN2C[C@@H]3C[C@@H](CN4CCCC[C@@H]34)C2C1.O.O.O.O.O.O=S(=O)(O)O. The second kappa shape index (κ2) is 12.9. The van der Waals surface area contributed by atoms with E-state index in [1.165, 1.54) is 64.7 Å². The molecule has 11 nitrogen and oxygen atoms in total. The highest BCUT2D eigenvalue weighted by Crippen LogP contribution is 2.42. The summed E-state index contributed by atoms with van der Waals surface area (Å²) in [6.45, 7) is 5.68. The van der Waals surface area contributed by atoms with E-state index in [4.69, 9.17) is 17.5 Å². The minimum Gasteiger partial charge on any atom is -0.412 e. The minimum absolute atomic E-state index is 0. The lowest BCUT2D eigenvalue weighted by molar-refractivity contribution is -0.0718. The van der Waals surface area contributed by atoms with Crippen LogP contribution in [0.3, 0.4) is 0 Å². The van der Waals surface area contributed by atoms with Crippen LogP contribution in [0.25, 0.3) is 0 Å². The number of hydrogen-bond acceptors (Lipinski definition) is 4. The molecule has 0 saturated carbocycles. The molecule has 12 heteroatoms. The Labute approximate surface area is 160 Å². The molecular weight excluding hydrogens is 384 g/mol. The van der Waals surface area contributed by atoms with E-state index in [1.807, 2.05) is 0 Å². The summed E-state index contributed by atoms with van der Waals surface area (Å²) in [7, 11) is -4.67. The van der Waals surface area contributed by atoms with Gasteiger partial charge in [0, 0.05) is 25.2 Å². The third-order valence-corrected chi connectivity index (χ3v) is 5.96. The first-order chi connectivity index (χ1) is 10.4. The highest BCUT2D eigenvalue weighted by atomic mass is 32.3. The van der Waals surface area contributed by atoms with Crippen LogP contribution in [0, 0.1) is 11.8 Å². The number of rotatable bonds is 0. The van der Waals surface area contributed by atoms with E-state index in [9.17, 15) is 0 Å². The molecule has 0 spiro atoms. The summed E-state index contributed by atoms with van der Waals surface area (Å²) in [5, 5.41) is 0. The quantitative estimate of drug-likeness (QED) is 0.402. The number of fused-ring (bicyclic) bond motifs is 6. The Bertz CT molecular complexity index is 458. The van der Waals surface area contributed by atoms with Crippen LogP contribution in [0.5, 0.6) is 0 Å². The van der Waals surface area contributed by atoms with Gasteiger partial charge in [-0.25, -0.2) is 0 Å². The van der Waals surface area contributed by atoms with E-state index in [-0.39, 0.29) is 27.4 Å². The van der Waals surface area contributed by atoms with Gasteiger partial charge in [0.25, 0.3) is 0 Å². The molecule has 4 saturated heterocycles. The second-order valence-corrected chi connectivity index (χ2v) is 8.22. The molecule has 4 atom stereocenters. The van der Waals surface area contributed by atoms with Gasteiger partial charge in [-0.15, -0.1) is 0 Å². The molecule has 2 bridgehead atoms. The first kappa shape index (κ1) is 31.3. The molecule has 4 fully saturated rings. The van der Waals surface area contributed by atoms with Gasteiger partial charge in [0.05, 0.1) is 0 Å². The fourth-order valence-electron chi connectivity index (χ4n) is 5.25. The van der Waals surface area contributed by atoms with Gasteiger partial charge in [-0.05, 0) is 57.0 Å². The van der Waals surface area contributed by atoms with E-state index >= 15 is 0 Å². The Hall–Kier alpha value is -0.410. The fraction of sp³-hybridized carbons (Fsp3) is 1.00. The second-order valence-electron chi connectivity index (χ2n) is 7.32. The van der Waals surface area contributed by atoms with Crippen molar-refractivity contribution in [3.05, 3.63) is 0 Å². The Balaban J connectivity index is -0.000000524. The molecule has 1 unspecified atom stereocenters. The largest absolute Gasteiger partial charge is 0.412 e. The predicted molar refractivity (Wildman–Crippen MR) is 102 cm³/mol. The van der Waals surface area contributed by atoms with Crippen molar-refractivity contribution >= 4 is 10.4 Å². The van der Waals surface area contributed by atoms with Crippen molar-refractivity contribution in [2.75, 3.05) is 26.2 Å². The van der Waals surface area contributed by atoms with Crippen LogP contribution >= 0.6 is 0 Å². The minimum atomic E-state index is -4.67. The van der Waals surface area contributed by atoms with Gasteiger partial charge in [-0.1, -0.05) is 12.8 Å². The molecule has 168 valence electrons. The number of nitrogens with zero attached hydrogens (tertiary/aromatic N) is 2. The van der Waals surface area contributed by atoms with Crippen molar-refractivity contribution in [3.8, 4) is 0 Å². The molecule has 4 heterocycles. The highest BCUT2D eigenvalue weighted by Gasteiger charge is 2.46. The molecule has 4 rings (SSSR count). The van der Waals surface area contributed by atoms with Gasteiger partial charge in [-0.2, -0.15) is 8.42 Å². The van der Waals surface area contributed by atoms with Crippen molar-refractivity contribution in [2.45, 2.75) is 57.0 Å². The normalized spacial score (nSPS) is 31.9. The maximum atomic E-state index is 8.74. The summed E-state index contributed by atoms with van der Waals surface area (Å²) < 4.78 is 31.6. The summed E-state index contributed by atoms with van der Waals surface area (Å²) >= 11 is 0. The van der Waals surface area contributed by atoms with E-state index in [2.05, 4.69) is 9.80 Å². The van der Waals surface area contributed by atoms with Crippen molar-refractivity contribution in [1.82, 2.24) is 9.80 Å². The fourth-order valence-corrected chi connectivity index (χ4v) is 5.25. The van der Waals surface area contributed by atoms with Gasteiger partial charge >= 0.3 is 10.4 Å². The van der Waals surface area contributed by atoms with Crippen LogP contribution in [0.2, 0.25) is 0 Å². The summed E-state index contributed by atoms with van der Waals surface area (Å²) in [6, 6.07) is 1.92. The molecule has 0 radical (unpaired) electrons. The van der Waals surface area contributed by atoms with Crippen molar-refractivity contribution in [1.29, 1.82) is 0 Å². The average Bonchev–Trinajstić information content (AvgIpc) is 2.46. The standard InChI is InChI=1S/C15H26N2.H2O4S.5H2O/c1-3-7-16-11-13-9-12(14(16)5-1)10-17-8-4-2-6-15(13)17;1-5(2,3)4;;;;;/h12-15H,1-11H2;(H2,1,2,3,4);5*1H2/t12-,13-,14-,15?;;;;;;/m0....../s1. The van der Waals surface area contributed by atoms with Crippen LogP contribution in [0.15, 0.2) is 0 Å². The Morgan fingerprint density at radius 3 is 1.33 bits per heavy atom. The maximum Gasteiger partial charge on any atom is 0.394 e. The van der Waals surface area contributed by atoms with E-state index in [0.29, 0.717) is 0 Å². The monoisotopic (exact) mass is 422 g/mol. The summed E-state index contributed by atoms with van der Waals surface area (Å²) in [5.74, 6) is 2.03. The van der Waals surface area contributed by atoms with E-state index in [0.717, 1.165) is 23.9 Å². The lowest BCUT2D eigenvalue weighted by Crippen LogP contribution is -2.63. The highest BCUT2D eigenvalue weighted by molar-refractivity contribution is 7.79. The lowest BCUT2D eigenvalue weighted by Gasteiger charge is -2.57. The molecule has 12 N–H and O–H groups in total. The molecule has 4 aliphatic heterocycles. The van der Waals surface area contributed by atoms with Gasteiger partial charge in [-0.3, -0.25) is 18.9 Å². The molecule has 0 amide bonds. The molecule has 0 aliphatic carbocycles. The van der Waals surface area contributed by atoms with Crippen LogP contribution in [0.4, 0.5) is 0 Å². The number of piperidine rings is 4. The van der Waals surface area contributed by atoms with E-state index < -0.39 is 10.4 Å². The van der Waals surface area contributed by atoms with Crippen LogP contribution in [-0.4, -0.2) is 93.0 Å². The summed E-state index contributed by atoms with van der Waals surface area (Å²) in [4.78, 5) is 5.74. The van der Waals surface area contributed by atoms with Crippen LogP contribution in [0.1, 0.15) is 44.9 Å². The van der Waals surface area contributed by atoms with Gasteiger partial charge in [0.2, 0.25) is 0 Å². The predicted octanol–water partition coefficient (Wildman–Crippen LogP) is -2.43. The van der Waals surface area contributed by atoms with Crippen molar-refractivity contribution in [2.24, 2.45) is 11.8 Å². The van der Waals surface area contributed by atoms with Crippen LogP contribution < -0.4 is 0 Å². The molecule has 4 aliphatic rings. The summed E-state index contributed by atoms with van der Waals surface area (Å²) in [5.41, 5.74) is 0. The molecule has 0 aromatic carbocycles. The Morgan fingerprint density at radius 1 is 0.667 bits per heavy atom. The van der Waals surface area contributed by atoms with Gasteiger partial charge in [0.15, 0.2) is 0 Å². The zero-order valence-electron chi connectivity index (χ0n) is 15.6. The zero-order valence-corrected chi connectivity index (χ0v) is 16.4. The first-order valence-corrected chi connectivity index (χ1v) is 9.99. The van der Waals surface area contributed by atoms with Crippen molar-refractivity contribution < 1.29 is 44.9 Å². The maximum absolute atomic E-state index is 8.74. The van der Waals surface area contributed by atoms with E-state index in [1.54, 1.807) is 6.42 Å². The Morgan fingerprint density at radius 2 is 1.00 bits per heavy atom. The lowest BCUT2D eigenvalue weighted by atomic mass is 9.71. The van der Waals surface area contributed by atoms with Crippen LogP contribution in [-0.2, 0) is 10.4 Å². The smallest absolute Gasteiger partial charge is 0.394 e. The average molecular weight is 423 g/mol. The third kappa shape index (κ3) is 8.23. The molecule has 27 heavy (non-hydrogen) atoms. The first-order valence-electron chi connectivity index (χ1n) is 8.60. The summed E-state index contributed by atoms with van der Waals surface area (Å²) in [6.07, 6.45) is 10.5. The topological polar surface area (TPSA) is 239 Å². The van der Waals surface area contributed by atoms with Gasteiger partial charge in [0.1, 0.15) is 0 Å². The molecular formula is C15H38N2O9S. The number of hydrogen-bond donors (Lipinski definition) is 2. The third-order valence-electron chi connectivity index (χ3n) is 5.96.